The number of hydrogen-bond acceptors (Lipinski definition) is 7. The standard InChI is InChI=1S/C19H22N4O3S/c1-3-16-21-17(26-22-16)12(2)27-19-20-15-9-5-4-8-14(15)18(24)23(19)11-13-7-6-10-25-13/h4-5,8-9,12-13H,3,6-7,10-11H2,1-2H3. The molecule has 4 rings (SSSR count). The number of fused-ring (bicyclic) bond motifs is 1. The van der Waals surface area contributed by atoms with Crippen molar-refractivity contribution in [3.8, 4) is 0 Å². The highest BCUT2D eigenvalue weighted by atomic mass is 32.2. The Hall–Kier alpha value is -2.19. The number of aryl methyl sites for hydroxylation is 1. The lowest BCUT2D eigenvalue weighted by atomic mass is 10.2. The minimum absolute atomic E-state index is 0.0365. The van der Waals surface area contributed by atoms with Gasteiger partial charge in [0.25, 0.3) is 5.56 Å². The fourth-order valence-electron chi connectivity index (χ4n) is 3.18. The van der Waals surface area contributed by atoms with Crippen LogP contribution in [-0.2, 0) is 17.7 Å². The molecule has 1 fully saturated rings. The van der Waals surface area contributed by atoms with Crippen LogP contribution in [0.1, 0.15) is 43.7 Å². The zero-order valence-corrected chi connectivity index (χ0v) is 16.2. The van der Waals surface area contributed by atoms with Crippen LogP contribution in [0.25, 0.3) is 10.9 Å². The quantitative estimate of drug-likeness (QED) is 0.474. The Morgan fingerprint density at radius 3 is 2.93 bits per heavy atom. The van der Waals surface area contributed by atoms with Crippen LogP contribution >= 0.6 is 11.8 Å². The van der Waals surface area contributed by atoms with Gasteiger partial charge in [0.2, 0.25) is 5.89 Å². The van der Waals surface area contributed by atoms with Crippen molar-refractivity contribution in [2.75, 3.05) is 6.61 Å². The molecule has 2 aromatic heterocycles. The normalized spacial score (nSPS) is 18.2. The van der Waals surface area contributed by atoms with E-state index < -0.39 is 0 Å². The van der Waals surface area contributed by atoms with Crippen LogP contribution in [0.3, 0.4) is 0 Å². The van der Waals surface area contributed by atoms with Crippen LogP contribution in [-0.4, -0.2) is 32.4 Å². The van der Waals surface area contributed by atoms with E-state index in [0.717, 1.165) is 25.9 Å². The highest BCUT2D eigenvalue weighted by Crippen LogP contribution is 2.33. The average molecular weight is 386 g/mol. The molecule has 0 aliphatic carbocycles. The van der Waals surface area contributed by atoms with Gasteiger partial charge < -0.3 is 9.26 Å². The lowest BCUT2D eigenvalue weighted by Gasteiger charge is -2.17. The van der Waals surface area contributed by atoms with Crippen molar-refractivity contribution in [2.24, 2.45) is 0 Å². The Labute approximate surface area is 161 Å². The van der Waals surface area contributed by atoms with Gasteiger partial charge in [-0.1, -0.05) is 36.0 Å². The largest absolute Gasteiger partial charge is 0.376 e. The van der Waals surface area contributed by atoms with Gasteiger partial charge in [-0.2, -0.15) is 4.98 Å². The fraction of sp³-hybridized carbons (Fsp3) is 0.474. The maximum Gasteiger partial charge on any atom is 0.262 e. The number of hydrogen-bond donors (Lipinski definition) is 0. The van der Waals surface area contributed by atoms with Crippen molar-refractivity contribution in [1.29, 1.82) is 0 Å². The van der Waals surface area contributed by atoms with Gasteiger partial charge in [0.1, 0.15) is 0 Å². The molecule has 0 N–H and O–H groups in total. The molecule has 142 valence electrons. The molecule has 1 aliphatic heterocycles. The summed E-state index contributed by atoms with van der Waals surface area (Å²) >= 11 is 1.46. The predicted octanol–water partition coefficient (Wildman–Crippen LogP) is 3.37. The average Bonchev–Trinajstić information content (AvgIpc) is 3.36. The molecule has 0 bridgehead atoms. The van der Waals surface area contributed by atoms with Gasteiger partial charge in [0.15, 0.2) is 11.0 Å². The van der Waals surface area contributed by atoms with E-state index in [1.165, 1.54) is 11.8 Å². The van der Waals surface area contributed by atoms with E-state index in [9.17, 15) is 4.79 Å². The molecule has 0 spiro atoms. The van der Waals surface area contributed by atoms with E-state index in [1.807, 2.05) is 38.1 Å². The Balaban J connectivity index is 1.71. The third kappa shape index (κ3) is 3.77. The number of benzene rings is 1. The minimum Gasteiger partial charge on any atom is -0.376 e. The molecule has 1 saturated heterocycles. The summed E-state index contributed by atoms with van der Waals surface area (Å²) in [5, 5.41) is 5.13. The Morgan fingerprint density at radius 2 is 2.19 bits per heavy atom. The van der Waals surface area contributed by atoms with Gasteiger partial charge >= 0.3 is 0 Å². The zero-order chi connectivity index (χ0) is 18.8. The highest BCUT2D eigenvalue weighted by molar-refractivity contribution is 7.99. The first kappa shape index (κ1) is 18.2. The second-order valence-corrected chi connectivity index (χ2v) is 7.93. The molecule has 2 atom stereocenters. The summed E-state index contributed by atoms with van der Waals surface area (Å²) in [5.74, 6) is 1.23. The third-order valence-electron chi connectivity index (χ3n) is 4.67. The van der Waals surface area contributed by atoms with Crippen LogP contribution in [0.4, 0.5) is 0 Å². The van der Waals surface area contributed by atoms with Crippen molar-refractivity contribution in [2.45, 2.75) is 56.2 Å². The minimum atomic E-state index is -0.110. The molecular weight excluding hydrogens is 364 g/mol. The number of nitrogens with zero attached hydrogens (tertiary/aromatic N) is 4. The molecular formula is C19H22N4O3S. The zero-order valence-electron chi connectivity index (χ0n) is 15.4. The lowest BCUT2D eigenvalue weighted by Crippen LogP contribution is -2.29. The summed E-state index contributed by atoms with van der Waals surface area (Å²) in [5.41, 5.74) is 0.658. The molecule has 0 radical (unpaired) electrons. The number of aromatic nitrogens is 4. The molecule has 1 aromatic carbocycles. The van der Waals surface area contributed by atoms with E-state index in [4.69, 9.17) is 14.2 Å². The first-order valence-electron chi connectivity index (χ1n) is 9.26. The van der Waals surface area contributed by atoms with Gasteiger partial charge in [0.05, 0.1) is 28.8 Å². The molecule has 7 nitrogen and oxygen atoms in total. The summed E-state index contributed by atoms with van der Waals surface area (Å²) in [6.45, 7) is 5.23. The van der Waals surface area contributed by atoms with Crippen LogP contribution in [0.15, 0.2) is 38.7 Å². The third-order valence-corrected chi connectivity index (χ3v) is 5.74. The summed E-state index contributed by atoms with van der Waals surface area (Å²) in [6, 6.07) is 7.44. The highest BCUT2D eigenvalue weighted by Gasteiger charge is 2.23. The first-order valence-corrected chi connectivity index (χ1v) is 10.1. The number of para-hydroxylation sites is 1. The van der Waals surface area contributed by atoms with E-state index in [2.05, 4.69) is 10.1 Å². The molecule has 2 unspecified atom stereocenters. The van der Waals surface area contributed by atoms with Crippen LogP contribution in [0.5, 0.6) is 0 Å². The van der Waals surface area contributed by atoms with E-state index in [0.29, 0.717) is 34.3 Å². The van der Waals surface area contributed by atoms with E-state index >= 15 is 0 Å². The lowest BCUT2D eigenvalue weighted by molar-refractivity contribution is 0.0937. The van der Waals surface area contributed by atoms with Gasteiger partial charge in [-0.15, -0.1) is 0 Å². The van der Waals surface area contributed by atoms with Crippen LogP contribution < -0.4 is 5.56 Å². The molecule has 1 aliphatic rings. The fourth-order valence-corrected chi connectivity index (χ4v) is 4.12. The van der Waals surface area contributed by atoms with Crippen molar-refractivity contribution in [1.82, 2.24) is 19.7 Å². The van der Waals surface area contributed by atoms with Crippen molar-refractivity contribution >= 4 is 22.7 Å². The summed E-state index contributed by atoms with van der Waals surface area (Å²) < 4.78 is 12.8. The monoisotopic (exact) mass is 386 g/mol. The topological polar surface area (TPSA) is 83.0 Å². The van der Waals surface area contributed by atoms with Gasteiger partial charge in [-0.25, -0.2) is 4.98 Å². The first-order chi connectivity index (χ1) is 13.2. The van der Waals surface area contributed by atoms with E-state index in [1.54, 1.807) is 4.57 Å². The van der Waals surface area contributed by atoms with Gasteiger partial charge in [-0.05, 0) is 31.9 Å². The summed E-state index contributed by atoms with van der Waals surface area (Å²) in [7, 11) is 0. The van der Waals surface area contributed by atoms with Gasteiger partial charge in [-0.3, -0.25) is 9.36 Å². The smallest absolute Gasteiger partial charge is 0.262 e. The summed E-state index contributed by atoms with van der Waals surface area (Å²) in [6.07, 6.45) is 2.76. The molecule has 3 heterocycles. The van der Waals surface area contributed by atoms with Crippen molar-refractivity contribution in [3.05, 3.63) is 46.3 Å². The second kappa shape index (κ2) is 7.82. The summed E-state index contributed by atoms with van der Waals surface area (Å²) in [4.78, 5) is 22.3. The number of thioether (sulfide) groups is 1. The van der Waals surface area contributed by atoms with Gasteiger partial charge in [0, 0.05) is 13.0 Å². The van der Waals surface area contributed by atoms with Crippen molar-refractivity contribution in [3.63, 3.8) is 0 Å². The Morgan fingerprint density at radius 1 is 1.33 bits per heavy atom. The van der Waals surface area contributed by atoms with E-state index in [-0.39, 0.29) is 16.9 Å². The van der Waals surface area contributed by atoms with Crippen molar-refractivity contribution < 1.29 is 9.26 Å². The maximum absolute atomic E-state index is 13.1. The predicted molar refractivity (Wildman–Crippen MR) is 103 cm³/mol. The Bertz CT molecular complexity index is 994. The molecule has 0 saturated carbocycles. The van der Waals surface area contributed by atoms with Crippen LogP contribution in [0, 0.1) is 0 Å². The molecule has 27 heavy (non-hydrogen) atoms. The SMILES string of the molecule is CCc1noc(C(C)Sc2nc3ccccc3c(=O)n2CC2CCCO2)n1. The number of ether oxygens (including phenoxy) is 1. The number of rotatable bonds is 6. The molecule has 8 heteroatoms. The Kier molecular flexibility index (Phi) is 5.27. The second-order valence-electron chi connectivity index (χ2n) is 6.62. The molecule has 3 aromatic rings. The molecule has 0 amide bonds. The van der Waals surface area contributed by atoms with Crippen LogP contribution in [0.2, 0.25) is 0 Å². The maximum atomic E-state index is 13.1.